The van der Waals surface area contributed by atoms with Crippen LogP contribution in [0.4, 0.5) is 10.1 Å². The van der Waals surface area contributed by atoms with Crippen LogP contribution < -0.4 is 20.6 Å². The van der Waals surface area contributed by atoms with Crippen molar-refractivity contribution >= 4 is 40.8 Å². The Morgan fingerprint density at radius 3 is 2.57 bits per heavy atom. The number of hydrazone groups is 1. The van der Waals surface area contributed by atoms with Crippen LogP contribution in [-0.2, 0) is 6.61 Å². The average molecular weight is 415 g/mol. The van der Waals surface area contributed by atoms with Crippen molar-refractivity contribution in [3.05, 3.63) is 94.8 Å². The van der Waals surface area contributed by atoms with Gasteiger partial charge >= 0.3 is 0 Å². The van der Waals surface area contributed by atoms with E-state index < -0.39 is 5.82 Å². The summed E-state index contributed by atoms with van der Waals surface area (Å²) < 4.78 is 19.7. The molecule has 0 saturated heterocycles. The van der Waals surface area contributed by atoms with E-state index in [0.29, 0.717) is 21.4 Å². The molecule has 0 heterocycles. The van der Waals surface area contributed by atoms with Crippen LogP contribution in [0.15, 0.2) is 72.8 Å². The number of rotatable bonds is 6. The Morgan fingerprint density at radius 2 is 1.79 bits per heavy atom. The van der Waals surface area contributed by atoms with Crippen molar-refractivity contribution in [1.82, 2.24) is 5.43 Å². The highest BCUT2D eigenvalue weighted by Gasteiger charge is 2.10. The first-order valence-corrected chi connectivity index (χ1v) is 9.27. The maximum atomic E-state index is 13.9. The molecular formula is C21H18ClFN3OS+. The van der Waals surface area contributed by atoms with Crippen molar-refractivity contribution in [2.75, 3.05) is 5.32 Å². The second kappa shape index (κ2) is 9.82. The van der Waals surface area contributed by atoms with Gasteiger partial charge in [0.2, 0.25) is 11.3 Å². The summed E-state index contributed by atoms with van der Waals surface area (Å²) in [6.07, 6.45) is 1.71. The second-order valence-corrected chi connectivity index (χ2v) is 6.58. The number of para-hydroxylation sites is 2. The number of halogens is 2. The Labute approximate surface area is 173 Å². The molecule has 0 spiro atoms. The topological polar surface area (TPSA) is 47.3 Å². The van der Waals surface area contributed by atoms with Crippen molar-refractivity contribution in [3.8, 4) is 5.75 Å². The van der Waals surface area contributed by atoms with Gasteiger partial charge in [-0.1, -0.05) is 48.0 Å². The van der Waals surface area contributed by atoms with E-state index in [2.05, 4.69) is 15.8 Å². The summed E-state index contributed by atoms with van der Waals surface area (Å²) in [5.41, 5.74) is 4.85. The molecular weight excluding hydrogens is 397 g/mol. The number of ether oxygens (including phenoxy) is 1. The highest BCUT2D eigenvalue weighted by molar-refractivity contribution is 7.80. The SMILES string of the molecule is Fc1cccc(Cl)c1COc1ccccc1C=[NH+]NC(=S)Nc1ccccc1. The summed E-state index contributed by atoms with van der Waals surface area (Å²) in [7, 11) is 0. The van der Waals surface area contributed by atoms with Crippen LogP contribution in [0.25, 0.3) is 0 Å². The summed E-state index contributed by atoms with van der Waals surface area (Å²) in [5, 5.41) is 6.72. The third-order valence-electron chi connectivity index (χ3n) is 3.80. The van der Waals surface area contributed by atoms with Gasteiger partial charge in [-0.05, 0) is 48.6 Å². The molecule has 142 valence electrons. The molecule has 0 amide bonds. The van der Waals surface area contributed by atoms with Gasteiger partial charge in [-0.25, -0.2) is 4.39 Å². The average Bonchev–Trinajstić information content (AvgIpc) is 2.69. The van der Waals surface area contributed by atoms with E-state index in [1.807, 2.05) is 48.5 Å². The molecule has 3 aromatic rings. The van der Waals surface area contributed by atoms with Gasteiger partial charge in [-0.2, -0.15) is 0 Å². The normalized spacial score (nSPS) is 10.6. The standard InChI is InChI=1S/C21H17ClFN3OS/c22-18-10-6-11-19(23)17(18)14-27-20-12-5-4-7-15(20)13-24-26-21(28)25-16-8-2-1-3-9-16/h1-13H,14H2,(H2,25,26,28)/p+1. The molecule has 28 heavy (non-hydrogen) atoms. The molecule has 0 aromatic heterocycles. The van der Waals surface area contributed by atoms with Gasteiger partial charge in [-0.15, -0.1) is 10.5 Å². The molecule has 0 fully saturated rings. The van der Waals surface area contributed by atoms with Crippen LogP contribution in [0, 0.1) is 5.82 Å². The summed E-state index contributed by atoms with van der Waals surface area (Å²) >= 11 is 11.3. The van der Waals surface area contributed by atoms with Crippen LogP contribution >= 0.6 is 23.8 Å². The molecule has 0 radical (unpaired) electrons. The molecule has 0 aliphatic carbocycles. The van der Waals surface area contributed by atoms with Crippen molar-refractivity contribution < 1.29 is 14.2 Å². The van der Waals surface area contributed by atoms with Gasteiger partial charge < -0.3 is 10.1 Å². The predicted molar refractivity (Wildman–Crippen MR) is 114 cm³/mol. The second-order valence-electron chi connectivity index (χ2n) is 5.76. The van der Waals surface area contributed by atoms with Crippen LogP contribution in [0.3, 0.4) is 0 Å². The molecule has 3 N–H and O–H groups in total. The third kappa shape index (κ3) is 5.52. The quantitative estimate of drug-likeness (QED) is 0.328. The molecule has 0 aliphatic rings. The van der Waals surface area contributed by atoms with E-state index in [4.69, 9.17) is 28.6 Å². The molecule has 0 atom stereocenters. The first kappa shape index (κ1) is 19.8. The predicted octanol–water partition coefficient (Wildman–Crippen LogP) is 3.46. The number of hydrogen-bond donors (Lipinski definition) is 3. The van der Waals surface area contributed by atoms with E-state index >= 15 is 0 Å². The summed E-state index contributed by atoms with van der Waals surface area (Å²) in [4.78, 5) is 0. The summed E-state index contributed by atoms with van der Waals surface area (Å²) in [6, 6.07) is 21.5. The van der Waals surface area contributed by atoms with Gasteiger partial charge in [0.05, 0.1) is 10.6 Å². The molecule has 0 unspecified atom stereocenters. The number of benzene rings is 3. The highest BCUT2D eigenvalue weighted by atomic mass is 35.5. The maximum absolute atomic E-state index is 13.9. The first-order valence-electron chi connectivity index (χ1n) is 8.49. The molecule has 3 rings (SSSR count). The number of thiocarbonyl (C=S) groups is 1. The summed E-state index contributed by atoms with van der Waals surface area (Å²) in [5.74, 6) is 0.184. The molecule has 4 nitrogen and oxygen atoms in total. The Balaban J connectivity index is 1.62. The van der Waals surface area contributed by atoms with Crippen molar-refractivity contribution in [1.29, 1.82) is 0 Å². The van der Waals surface area contributed by atoms with Crippen molar-refractivity contribution in [2.45, 2.75) is 6.61 Å². The zero-order valence-corrected chi connectivity index (χ0v) is 16.4. The van der Waals surface area contributed by atoms with Crippen LogP contribution in [0.5, 0.6) is 5.75 Å². The van der Waals surface area contributed by atoms with Gasteiger partial charge in [-0.3, -0.25) is 0 Å². The molecule has 0 aliphatic heterocycles. The van der Waals surface area contributed by atoms with Crippen molar-refractivity contribution in [2.24, 2.45) is 0 Å². The molecule has 7 heteroatoms. The number of hydrogen-bond acceptors (Lipinski definition) is 2. The van der Waals surface area contributed by atoms with E-state index in [-0.39, 0.29) is 6.61 Å². The third-order valence-corrected chi connectivity index (χ3v) is 4.36. The minimum Gasteiger partial charge on any atom is -0.488 e. The lowest BCUT2D eigenvalue weighted by atomic mass is 10.2. The van der Waals surface area contributed by atoms with Crippen molar-refractivity contribution in [3.63, 3.8) is 0 Å². The highest BCUT2D eigenvalue weighted by Crippen LogP contribution is 2.22. The Hall–Kier alpha value is -2.96. The fourth-order valence-corrected chi connectivity index (χ4v) is 2.81. The van der Waals surface area contributed by atoms with Gasteiger partial charge in [0.25, 0.3) is 0 Å². The van der Waals surface area contributed by atoms with E-state index in [1.165, 1.54) is 6.07 Å². The first-order chi connectivity index (χ1) is 13.6. The number of anilines is 1. The molecule has 3 aromatic carbocycles. The lowest BCUT2D eigenvalue weighted by Gasteiger charge is -2.10. The molecule has 0 saturated carbocycles. The van der Waals surface area contributed by atoms with Crippen LogP contribution in [0.2, 0.25) is 5.02 Å². The van der Waals surface area contributed by atoms with Crippen LogP contribution in [0.1, 0.15) is 11.1 Å². The van der Waals surface area contributed by atoms with Crippen LogP contribution in [-0.4, -0.2) is 11.3 Å². The monoisotopic (exact) mass is 414 g/mol. The largest absolute Gasteiger partial charge is 0.488 e. The van der Waals surface area contributed by atoms with Gasteiger partial charge in [0.1, 0.15) is 18.2 Å². The Morgan fingerprint density at radius 1 is 1.04 bits per heavy atom. The van der Waals surface area contributed by atoms with Gasteiger partial charge in [0, 0.05) is 11.3 Å². The number of hydrazine groups is 1. The summed E-state index contributed by atoms with van der Waals surface area (Å²) in [6.45, 7) is 0.0256. The fourth-order valence-electron chi connectivity index (χ4n) is 2.41. The fraction of sp³-hybridized carbons (Fsp3) is 0.0476. The zero-order chi connectivity index (χ0) is 19.8. The Bertz CT molecular complexity index is 962. The number of nitrogens with one attached hydrogen (secondary N) is 3. The lowest BCUT2D eigenvalue weighted by molar-refractivity contribution is -0.499. The smallest absolute Gasteiger partial charge is 0.228 e. The Kier molecular flexibility index (Phi) is 6.94. The maximum Gasteiger partial charge on any atom is 0.228 e. The zero-order valence-electron chi connectivity index (χ0n) is 14.8. The van der Waals surface area contributed by atoms with Gasteiger partial charge in [0.15, 0.2) is 0 Å². The van der Waals surface area contributed by atoms with E-state index in [0.717, 1.165) is 11.3 Å². The minimum absolute atomic E-state index is 0.0256. The minimum atomic E-state index is -0.397. The van der Waals surface area contributed by atoms with E-state index in [1.54, 1.807) is 24.4 Å². The molecule has 0 bridgehead atoms. The van der Waals surface area contributed by atoms with E-state index in [9.17, 15) is 4.39 Å². The lowest BCUT2D eigenvalue weighted by Crippen LogP contribution is -2.82.